The van der Waals surface area contributed by atoms with Crippen LogP contribution in [0.1, 0.15) is 12.0 Å². The number of anilines is 1. The zero-order valence-electron chi connectivity index (χ0n) is 10.2. The van der Waals surface area contributed by atoms with Gasteiger partial charge in [-0.15, -0.1) is 12.3 Å². The highest BCUT2D eigenvalue weighted by Crippen LogP contribution is 2.36. The summed E-state index contributed by atoms with van der Waals surface area (Å²) in [4.78, 5) is 23.9. The molecule has 0 aliphatic carbocycles. The molecule has 5 nitrogen and oxygen atoms in total. The fraction of sp³-hybridized carbons (Fsp3) is 0.308. The molecule has 1 aromatic rings. The normalized spacial score (nSPS) is 18.5. The van der Waals surface area contributed by atoms with Gasteiger partial charge in [0, 0.05) is 35.0 Å². The minimum Gasteiger partial charge on any atom is -0.310 e. The zero-order valence-corrected chi connectivity index (χ0v) is 11.8. The number of halogens is 1. The van der Waals surface area contributed by atoms with E-state index in [9.17, 15) is 14.9 Å². The van der Waals surface area contributed by atoms with Gasteiger partial charge < -0.3 is 4.90 Å². The SMILES string of the molecule is C#CC1CC(=O)N(c2cc([N+](=O)[O-])c(C)cc2Br)C1. The Hall–Kier alpha value is -1.87. The predicted molar refractivity (Wildman–Crippen MR) is 74.8 cm³/mol. The lowest BCUT2D eigenvalue weighted by Gasteiger charge is -2.18. The fourth-order valence-electron chi connectivity index (χ4n) is 2.11. The molecule has 1 fully saturated rings. The standard InChI is InChI=1S/C13H11BrN2O3/c1-3-9-5-13(17)15(7-9)12-6-11(16(18)19)8(2)4-10(12)14/h1,4,6,9H,5,7H2,2H3. The van der Waals surface area contributed by atoms with E-state index in [1.165, 1.54) is 11.0 Å². The van der Waals surface area contributed by atoms with Crippen molar-refractivity contribution < 1.29 is 9.72 Å². The molecule has 98 valence electrons. The van der Waals surface area contributed by atoms with Crippen LogP contribution in [-0.4, -0.2) is 17.4 Å². The number of nitro groups is 1. The van der Waals surface area contributed by atoms with Crippen LogP contribution < -0.4 is 4.90 Å². The molecule has 1 heterocycles. The number of rotatable bonds is 2. The van der Waals surface area contributed by atoms with Crippen LogP contribution in [0.2, 0.25) is 0 Å². The summed E-state index contributed by atoms with van der Waals surface area (Å²) < 4.78 is 0.654. The lowest BCUT2D eigenvalue weighted by Crippen LogP contribution is -2.25. The van der Waals surface area contributed by atoms with Crippen LogP contribution in [-0.2, 0) is 4.79 Å². The van der Waals surface area contributed by atoms with Gasteiger partial charge in [-0.2, -0.15) is 0 Å². The highest BCUT2D eigenvalue weighted by atomic mass is 79.9. The second-order valence-electron chi connectivity index (χ2n) is 4.42. The van der Waals surface area contributed by atoms with E-state index < -0.39 is 4.92 Å². The Morgan fingerprint density at radius 3 is 2.79 bits per heavy atom. The second kappa shape index (κ2) is 5.02. The number of terminal acetylenes is 1. The summed E-state index contributed by atoms with van der Waals surface area (Å²) >= 11 is 3.34. The van der Waals surface area contributed by atoms with Gasteiger partial charge in [0.2, 0.25) is 5.91 Å². The Balaban J connectivity index is 2.46. The number of carbonyl (C=O) groups excluding carboxylic acids is 1. The molecule has 0 spiro atoms. The molecule has 1 aromatic carbocycles. The topological polar surface area (TPSA) is 63.5 Å². The molecular weight excluding hydrogens is 312 g/mol. The van der Waals surface area contributed by atoms with Crippen molar-refractivity contribution in [1.29, 1.82) is 0 Å². The molecule has 1 amide bonds. The molecule has 0 saturated carbocycles. The van der Waals surface area contributed by atoms with Gasteiger partial charge in [-0.1, -0.05) is 0 Å². The van der Waals surface area contributed by atoms with Crippen LogP contribution in [0.15, 0.2) is 16.6 Å². The summed E-state index contributed by atoms with van der Waals surface area (Å²) in [6.45, 7) is 2.05. The van der Waals surface area contributed by atoms with Gasteiger partial charge in [-0.3, -0.25) is 14.9 Å². The molecule has 2 rings (SSSR count). The van der Waals surface area contributed by atoms with E-state index in [-0.39, 0.29) is 23.9 Å². The van der Waals surface area contributed by atoms with Gasteiger partial charge in [0.1, 0.15) is 0 Å². The van der Waals surface area contributed by atoms with E-state index in [1.54, 1.807) is 13.0 Å². The molecule has 6 heteroatoms. The molecular formula is C13H11BrN2O3. The lowest BCUT2D eigenvalue weighted by atomic mass is 10.1. The minimum atomic E-state index is -0.454. The van der Waals surface area contributed by atoms with Gasteiger partial charge >= 0.3 is 0 Å². The number of nitrogens with zero attached hydrogens (tertiary/aromatic N) is 2. The van der Waals surface area contributed by atoms with Crippen LogP contribution in [0.25, 0.3) is 0 Å². The number of benzene rings is 1. The molecule has 1 aliphatic rings. The van der Waals surface area contributed by atoms with Crippen LogP contribution >= 0.6 is 15.9 Å². The van der Waals surface area contributed by atoms with Crippen LogP contribution in [0.5, 0.6) is 0 Å². The molecule has 0 bridgehead atoms. The summed E-state index contributed by atoms with van der Waals surface area (Å²) in [5, 5.41) is 11.0. The van der Waals surface area contributed by atoms with Crippen molar-refractivity contribution in [3.8, 4) is 12.3 Å². The average Bonchev–Trinajstić information content (AvgIpc) is 2.70. The Kier molecular flexibility index (Phi) is 3.58. The van der Waals surface area contributed by atoms with E-state index in [4.69, 9.17) is 6.42 Å². The van der Waals surface area contributed by atoms with Crippen molar-refractivity contribution in [3.63, 3.8) is 0 Å². The fourth-order valence-corrected chi connectivity index (χ4v) is 2.78. The van der Waals surface area contributed by atoms with E-state index in [2.05, 4.69) is 21.9 Å². The largest absolute Gasteiger partial charge is 0.310 e. The first kappa shape index (κ1) is 13.6. The maximum Gasteiger partial charge on any atom is 0.274 e. The predicted octanol–water partition coefficient (Wildman–Crippen LogP) is 2.65. The Morgan fingerprint density at radius 2 is 2.26 bits per heavy atom. The summed E-state index contributed by atoms with van der Waals surface area (Å²) in [5.74, 6) is 2.30. The van der Waals surface area contributed by atoms with Crippen molar-refractivity contribution >= 4 is 33.2 Å². The maximum atomic E-state index is 11.9. The summed E-state index contributed by atoms with van der Waals surface area (Å²) in [7, 11) is 0. The Labute approximate surface area is 118 Å². The molecule has 0 radical (unpaired) electrons. The molecule has 19 heavy (non-hydrogen) atoms. The molecule has 1 atom stereocenters. The van der Waals surface area contributed by atoms with E-state index in [0.717, 1.165) is 0 Å². The Bertz CT molecular complexity index is 607. The number of carbonyl (C=O) groups is 1. The van der Waals surface area contributed by atoms with Crippen LogP contribution in [0.4, 0.5) is 11.4 Å². The van der Waals surface area contributed by atoms with Crippen LogP contribution in [0.3, 0.4) is 0 Å². The first-order valence-electron chi connectivity index (χ1n) is 5.65. The van der Waals surface area contributed by atoms with Crippen molar-refractivity contribution in [3.05, 3.63) is 32.3 Å². The maximum absolute atomic E-state index is 11.9. The molecule has 0 N–H and O–H groups in total. The number of hydrogen-bond donors (Lipinski definition) is 0. The number of amides is 1. The van der Waals surface area contributed by atoms with E-state index in [0.29, 0.717) is 22.3 Å². The molecule has 0 aromatic heterocycles. The van der Waals surface area contributed by atoms with Crippen molar-refractivity contribution in [2.75, 3.05) is 11.4 Å². The highest BCUT2D eigenvalue weighted by molar-refractivity contribution is 9.10. The van der Waals surface area contributed by atoms with Crippen molar-refractivity contribution in [2.24, 2.45) is 5.92 Å². The lowest BCUT2D eigenvalue weighted by molar-refractivity contribution is -0.385. The van der Waals surface area contributed by atoms with Gasteiger partial charge in [0.25, 0.3) is 5.69 Å². The summed E-state index contributed by atoms with van der Waals surface area (Å²) in [6.07, 6.45) is 5.61. The van der Waals surface area contributed by atoms with E-state index >= 15 is 0 Å². The number of hydrogen-bond acceptors (Lipinski definition) is 3. The van der Waals surface area contributed by atoms with Gasteiger partial charge in [0.15, 0.2) is 0 Å². The quantitative estimate of drug-likeness (QED) is 0.477. The summed E-state index contributed by atoms with van der Waals surface area (Å²) in [5.41, 5.74) is 1.04. The molecule has 1 aliphatic heterocycles. The minimum absolute atomic E-state index is 0.00448. The number of nitro benzene ring substituents is 1. The molecule has 1 unspecified atom stereocenters. The zero-order chi connectivity index (χ0) is 14.2. The third-order valence-corrected chi connectivity index (χ3v) is 3.75. The molecule has 1 saturated heterocycles. The van der Waals surface area contributed by atoms with Gasteiger partial charge in [-0.05, 0) is 28.9 Å². The first-order chi connectivity index (χ1) is 8.93. The third-order valence-electron chi connectivity index (χ3n) is 3.11. The van der Waals surface area contributed by atoms with Crippen LogP contribution in [0, 0.1) is 35.3 Å². The number of aryl methyl sites for hydroxylation is 1. The Morgan fingerprint density at radius 1 is 1.58 bits per heavy atom. The highest BCUT2D eigenvalue weighted by Gasteiger charge is 2.31. The second-order valence-corrected chi connectivity index (χ2v) is 5.27. The van der Waals surface area contributed by atoms with Gasteiger partial charge in [-0.25, -0.2) is 0 Å². The van der Waals surface area contributed by atoms with E-state index in [1.807, 2.05) is 0 Å². The van der Waals surface area contributed by atoms with Crippen molar-refractivity contribution in [1.82, 2.24) is 0 Å². The smallest absolute Gasteiger partial charge is 0.274 e. The van der Waals surface area contributed by atoms with Gasteiger partial charge in [0.05, 0.1) is 10.6 Å². The first-order valence-corrected chi connectivity index (χ1v) is 6.44. The monoisotopic (exact) mass is 322 g/mol. The summed E-state index contributed by atoms with van der Waals surface area (Å²) in [6, 6.07) is 3.06. The average molecular weight is 323 g/mol. The van der Waals surface area contributed by atoms with Crippen molar-refractivity contribution in [2.45, 2.75) is 13.3 Å². The third kappa shape index (κ3) is 2.47.